The zero-order chi connectivity index (χ0) is 6.41. The van der Waals surface area contributed by atoms with Gasteiger partial charge < -0.3 is 5.11 Å². The zero-order valence-electron chi connectivity index (χ0n) is 5.66. The minimum atomic E-state index is -0.914. The summed E-state index contributed by atoms with van der Waals surface area (Å²) in [6.45, 7) is 1.83. The molecule has 44 valence electrons. The van der Waals surface area contributed by atoms with Crippen LogP contribution in [0.3, 0.4) is 0 Å². The Labute approximate surface area is 97.1 Å². The van der Waals surface area contributed by atoms with Crippen LogP contribution in [-0.2, 0) is 4.79 Å². The van der Waals surface area contributed by atoms with Crippen molar-refractivity contribution in [2.24, 2.45) is 0 Å². The summed E-state index contributed by atoms with van der Waals surface area (Å²) < 4.78 is 0. The number of hydrogen-bond acceptors (Lipinski definition) is 1. The van der Waals surface area contributed by atoms with E-state index in [1.165, 1.54) is 6.08 Å². The van der Waals surface area contributed by atoms with Crippen LogP contribution in [0.4, 0.5) is 0 Å². The Kier molecular flexibility index (Phi) is 11.7. The monoisotopic (exact) mass is 151 g/mol. The van der Waals surface area contributed by atoms with Crippen molar-refractivity contribution in [3.63, 3.8) is 0 Å². The molecule has 0 aromatic heterocycles. The van der Waals surface area contributed by atoms with Crippen molar-refractivity contribution >= 4 is 5.97 Å². The summed E-state index contributed by atoms with van der Waals surface area (Å²) in [6, 6.07) is 0. The first kappa shape index (κ1) is 12.3. The fraction of sp³-hybridized carbons (Fsp3) is 0.167. The molecule has 0 atom stereocenters. The standard InChI is InChI=1S/C6H8O2.K/c1-2-3-4-5-6(7)8;/h2-5H,1H3,(H,7,8);/q;+1/b3-2-,5-4+;. The van der Waals surface area contributed by atoms with E-state index in [2.05, 4.69) is 0 Å². The molecule has 0 unspecified atom stereocenters. The third-order valence-electron chi connectivity index (χ3n) is 0.542. The molecule has 0 aliphatic heterocycles. The van der Waals surface area contributed by atoms with E-state index in [-0.39, 0.29) is 51.4 Å². The van der Waals surface area contributed by atoms with Gasteiger partial charge in [0.15, 0.2) is 0 Å². The maximum absolute atomic E-state index is 9.75. The molecule has 0 spiro atoms. The summed E-state index contributed by atoms with van der Waals surface area (Å²) >= 11 is 0. The van der Waals surface area contributed by atoms with Gasteiger partial charge >= 0.3 is 57.4 Å². The van der Waals surface area contributed by atoms with Crippen LogP contribution < -0.4 is 51.4 Å². The molecule has 0 radical (unpaired) electrons. The van der Waals surface area contributed by atoms with Crippen molar-refractivity contribution in [1.82, 2.24) is 0 Å². The number of hydrogen-bond donors (Lipinski definition) is 1. The molecule has 9 heavy (non-hydrogen) atoms. The molecule has 3 heteroatoms. The van der Waals surface area contributed by atoms with Crippen molar-refractivity contribution in [3.05, 3.63) is 24.3 Å². The Bertz CT molecular complexity index is 127. The number of carbonyl (C=O) groups is 1. The van der Waals surface area contributed by atoms with Gasteiger partial charge in [0.25, 0.3) is 0 Å². The summed E-state index contributed by atoms with van der Waals surface area (Å²) in [4.78, 5) is 9.75. The molecule has 0 saturated heterocycles. The van der Waals surface area contributed by atoms with Gasteiger partial charge in [-0.3, -0.25) is 0 Å². The first-order valence-corrected chi connectivity index (χ1v) is 2.29. The molecule has 0 bridgehead atoms. The third-order valence-corrected chi connectivity index (χ3v) is 0.542. The maximum atomic E-state index is 9.75. The van der Waals surface area contributed by atoms with Crippen LogP contribution in [0.5, 0.6) is 0 Å². The van der Waals surface area contributed by atoms with Crippen molar-refractivity contribution in [2.45, 2.75) is 6.92 Å². The van der Waals surface area contributed by atoms with Crippen LogP contribution in [0.25, 0.3) is 0 Å². The average Bonchev–Trinajstić information content (AvgIpc) is 1.66. The van der Waals surface area contributed by atoms with Crippen molar-refractivity contribution in [2.75, 3.05) is 0 Å². The Morgan fingerprint density at radius 2 is 2.00 bits per heavy atom. The molecule has 1 N–H and O–H groups in total. The average molecular weight is 151 g/mol. The zero-order valence-corrected chi connectivity index (χ0v) is 8.79. The van der Waals surface area contributed by atoms with Crippen LogP contribution in [0.1, 0.15) is 6.92 Å². The van der Waals surface area contributed by atoms with E-state index < -0.39 is 5.97 Å². The van der Waals surface area contributed by atoms with Gasteiger partial charge in [-0.05, 0) is 6.92 Å². The van der Waals surface area contributed by atoms with Crippen molar-refractivity contribution in [3.8, 4) is 0 Å². The van der Waals surface area contributed by atoms with Gasteiger partial charge in [-0.2, -0.15) is 0 Å². The Hall–Kier alpha value is 0.586. The summed E-state index contributed by atoms with van der Waals surface area (Å²) in [5.74, 6) is -0.914. The van der Waals surface area contributed by atoms with Gasteiger partial charge in [0, 0.05) is 6.08 Å². The molecule has 0 aromatic rings. The summed E-state index contributed by atoms with van der Waals surface area (Å²) in [5, 5.41) is 8.02. The molecule has 0 saturated carbocycles. The summed E-state index contributed by atoms with van der Waals surface area (Å²) in [5.41, 5.74) is 0. The van der Waals surface area contributed by atoms with E-state index in [0.29, 0.717) is 0 Å². The van der Waals surface area contributed by atoms with Gasteiger partial charge in [-0.15, -0.1) is 0 Å². The van der Waals surface area contributed by atoms with Crippen LogP contribution in [0.2, 0.25) is 0 Å². The number of allylic oxidation sites excluding steroid dienone is 3. The number of carboxylic acid groups (broad SMARTS) is 1. The molecular formula is C6H8KO2+. The molecule has 0 aliphatic rings. The van der Waals surface area contributed by atoms with Gasteiger partial charge in [0.2, 0.25) is 0 Å². The number of carboxylic acids is 1. The Morgan fingerprint density at radius 3 is 2.33 bits per heavy atom. The minimum Gasteiger partial charge on any atom is -0.478 e. The molecule has 0 rings (SSSR count). The fourth-order valence-electron chi connectivity index (χ4n) is 0.249. The SMILES string of the molecule is C/C=C\C=C\C(=O)O.[K+]. The molecule has 2 nitrogen and oxygen atoms in total. The maximum Gasteiger partial charge on any atom is 1.00 e. The first-order chi connectivity index (χ1) is 3.77. The molecular weight excluding hydrogens is 143 g/mol. The topological polar surface area (TPSA) is 37.3 Å². The molecule has 0 aliphatic carbocycles. The number of aliphatic carboxylic acids is 1. The number of rotatable bonds is 2. The van der Waals surface area contributed by atoms with E-state index in [1.54, 1.807) is 12.2 Å². The van der Waals surface area contributed by atoms with Gasteiger partial charge in [0.05, 0.1) is 0 Å². The molecule has 0 amide bonds. The normalized spacial score (nSPS) is 9.89. The van der Waals surface area contributed by atoms with E-state index in [1.807, 2.05) is 6.92 Å². The quantitative estimate of drug-likeness (QED) is 0.287. The van der Waals surface area contributed by atoms with Crippen LogP contribution >= 0.6 is 0 Å². The second kappa shape index (κ2) is 8.59. The fourth-order valence-corrected chi connectivity index (χ4v) is 0.249. The van der Waals surface area contributed by atoms with Crippen LogP contribution in [-0.4, -0.2) is 11.1 Å². The Balaban J connectivity index is 0. The van der Waals surface area contributed by atoms with Gasteiger partial charge in [-0.25, -0.2) is 4.79 Å². The summed E-state index contributed by atoms with van der Waals surface area (Å²) in [7, 11) is 0. The second-order valence-electron chi connectivity index (χ2n) is 1.22. The minimum absolute atomic E-state index is 0. The predicted octanol–water partition coefficient (Wildman–Crippen LogP) is -1.79. The van der Waals surface area contributed by atoms with E-state index in [4.69, 9.17) is 5.11 Å². The first-order valence-electron chi connectivity index (χ1n) is 2.29. The Morgan fingerprint density at radius 1 is 1.44 bits per heavy atom. The van der Waals surface area contributed by atoms with E-state index in [9.17, 15) is 4.79 Å². The second-order valence-corrected chi connectivity index (χ2v) is 1.22. The summed E-state index contributed by atoms with van der Waals surface area (Å²) in [6.07, 6.45) is 5.98. The predicted molar refractivity (Wildman–Crippen MR) is 31.6 cm³/mol. The van der Waals surface area contributed by atoms with Gasteiger partial charge in [0.1, 0.15) is 0 Å². The van der Waals surface area contributed by atoms with E-state index in [0.717, 1.165) is 6.08 Å². The largest absolute Gasteiger partial charge is 1.00 e. The van der Waals surface area contributed by atoms with Crippen molar-refractivity contribution in [1.29, 1.82) is 0 Å². The van der Waals surface area contributed by atoms with Gasteiger partial charge in [-0.1, -0.05) is 18.2 Å². The molecule has 0 fully saturated rings. The van der Waals surface area contributed by atoms with Crippen LogP contribution in [0.15, 0.2) is 24.3 Å². The van der Waals surface area contributed by atoms with E-state index >= 15 is 0 Å². The molecule has 0 heterocycles. The van der Waals surface area contributed by atoms with Crippen LogP contribution in [0, 0.1) is 0 Å². The third kappa shape index (κ3) is 11.9. The smallest absolute Gasteiger partial charge is 0.478 e. The molecule has 0 aromatic carbocycles. The van der Waals surface area contributed by atoms with Crippen molar-refractivity contribution < 1.29 is 61.3 Å².